The lowest BCUT2D eigenvalue weighted by molar-refractivity contribution is -0.144. The maximum Gasteiger partial charge on any atom is 0.230 e. The van der Waals surface area contributed by atoms with E-state index in [-0.39, 0.29) is 23.7 Å². The summed E-state index contributed by atoms with van der Waals surface area (Å²) >= 11 is 0. The maximum atomic E-state index is 12.9. The predicted octanol–water partition coefficient (Wildman–Crippen LogP) is 1.94. The fourth-order valence-electron chi connectivity index (χ4n) is 3.62. The first-order valence-electron chi connectivity index (χ1n) is 8.99. The largest absolute Gasteiger partial charge is 0.378 e. The topological polar surface area (TPSA) is 87.3 Å². The first-order chi connectivity index (χ1) is 12.7. The van der Waals surface area contributed by atoms with Crippen LogP contribution < -0.4 is 5.32 Å². The van der Waals surface area contributed by atoms with Crippen molar-refractivity contribution in [2.45, 2.75) is 12.8 Å². The fourth-order valence-corrected chi connectivity index (χ4v) is 3.62. The number of nitrogens with zero attached hydrogens (tertiary/aromatic N) is 2. The summed E-state index contributed by atoms with van der Waals surface area (Å²) < 4.78 is 5.32. The summed E-state index contributed by atoms with van der Waals surface area (Å²) in [5.74, 6) is -0.420. The second-order valence-electron chi connectivity index (χ2n) is 6.69. The summed E-state index contributed by atoms with van der Waals surface area (Å²) in [6.45, 7) is 2.31. The Hall–Kier alpha value is -2.67. The number of imidazole rings is 1. The van der Waals surface area contributed by atoms with Crippen LogP contribution in [-0.4, -0.2) is 53.0 Å². The molecule has 2 atom stereocenters. The molecule has 136 valence electrons. The minimum atomic E-state index is -0.386. The zero-order valence-corrected chi connectivity index (χ0v) is 14.5. The molecule has 1 saturated heterocycles. The van der Waals surface area contributed by atoms with Crippen molar-refractivity contribution in [2.75, 3.05) is 31.6 Å². The second kappa shape index (κ2) is 7.29. The van der Waals surface area contributed by atoms with Crippen LogP contribution in [0.15, 0.2) is 36.4 Å². The van der Waals surface area contributed by atoms with Gasteiger partial charge in [0.2, 0.25) is 17.8 Å². The number of aromatic amines is 1. The Bertz CT molecular complexity index is 805. The molecule has 1 fully saturated rings. The summed E-state index contributed by atoms with van der Waals surface area (Å²) in [7, 11) is 0. The Labute approximate surface area is 151 Å². The number of nitrogens with one attached hydrogen (secondary N) is 2. The van der Waals surface area contributed by atoms with Crippen molar-refractivity contribution in [3.63, 3.8) is 0 Å². The Morgan fingerprint density at radius 3 is 2.62 bits per heavy atom. The molecular weight excluding hydrogens is 332 g/mol. The Balaban J connectivity index is 1.49. The number of morpholine rings is 1. The van der Waals surface area contributed by atoms with Crippen molar-refractivity contribution < 1.29 is 14.3 Å². The number of aromatic nitrogens is 2. The number of allylic oxidation sites excluding steroid dienone is 2. The fraction of sp³-hybridized carbons (Fsp3) is 0.421. The molecule has 2 heterocycles. The number of carbonyl (C=O) groups excluding carboxylic acids is 2. The number of hydrogen-bond donors (Lipinski definition) is 2. The predicted molar refractivity (Wildman–Crippen MR) is 97.5 cm³/mol. The Morgan fingerprint density at radius 2 is 1.85 bits per heavy atom. The molecule has 2 aromatic rings. The maximum absolute atomic E-state index is 12.9. The normalized spacial score (nSPS) is 23.2. The average Bonchev–Trinajstić information content (AvgIpc) is 3.10. The number of amides is 2. The number of carbonyl (C=O) groups is 2. The van der Waals surface area contributed by atoms with Crippen molar-refractivity contribution in [3.05, 3.63) is 36.4 Å². The Morgan fingerprint density at radius 1 is 1.12 bits per heavy atom. The van der Waals surface area contributed by atoms with E-state index in [4.69, 9.17) is 4.74 Å². The highest BCUT2D eigenvalue weighted by Crippen LogP contribution is 2.29. The van der Waals surface area contributed by atoms with Crippen molar-refractivity contribution in [2.24, 2.45) is 11.8 Å². The molecule has 1 aliphatic carbocycles. The van der Waals surface area contributed by atoms with E-state index in [1.165, 1.54) is 0 Å². The van der Waals surface area contributed by atoms with Crippen LogP contribution in [0.2, 0.25) is 0 Å². The molecule has 26 heavy (non-hydrogen) atoms. The number of anilines is 1. The van der Waals surface area contributed by atoms with E-state index in [1.807, 2.05) is 41.3 Å². The summed E-state index contributed by atoms with van der Waals surface area (Å²) in [4.78, 5) is 35.0. The van der Waals surface area contributed by atoms with E-state index >= 15 is 0 Å². The van der Waals surface area contributed by atoms with Gasteiger partial charge in [-0.3, -0.25) is 14.9 Å². The molecule has 2 amide bonds. The molecule has 4 rings (SSSR count). The van der Waals surface area contributed by atoms with Gasteiger partial charge in [-0.1, -0.05) is 24.3 Å². The monoisotopic (exact) mass is 354 g/mol. The van der Waals surface area contributed by atoms with Gasteiger partial charge in [0.15, 0.2) is 0 Å². The highest BCUT2D eigenvalue weighted by molar-refractivity contribution is 5.96. The van der Waals surface area contributed by atoms with Gasteiger partial charge in [-0.05, 0) is 25.0 Å². The molecule has 2 N–H and O–H groups in total. The molecule has 1 aromatic heterocycles. The highest BCUT2D eigenvalue weighted by Gasteiger charge is 2.37. The number of para-hydroxylation sites is 2. The van der Waals surface area contributed by atoms with Crippen LogP contribution in [0.5, 0.6) is 0 Å². The lowest BCUT2D eigenvalue weighted by Crippen LogP contribution is -2.47. The van der Waals surface area contributed by atoms with Crippen molar-refractivity contribution in [1.82, 2.24) is 14.9 Å². The van der Waals surface area contributed by atoms with Crippen LogP contribution in [0.1, 0.15) is 12.8 Å². The third kappa shape index (κ3) is 3.35. The molecule has 2 aliphatic rings. The van der Waals surface area contributed by atoms with Gasteiger partial charge in [-0.2, -0.15) is 0 Å². The molecule has 1 aliphatic heterocycles. The van der Waals surface area contributed by atoms with Crippen LogP contribution in [0, 0.1) is 11.8 Å². The second-order valence-corrected chi connectivity index (χ2v) is 6.69. The van der Waals surface area contributed by atoms with Crippen molar-refractivity contribution >= 4 is 28.8 Å². The van der Waals surface area contributed by atoms with Gasteiger partial charge in [0.05, 0.1) is 36.1 Å². The smallest absolute Gasteiger partial charge is 0.230 e. The molecule has 2 unspecified atom stereocenters. The lowest BCUT2D eigenvalue weighted by Gasteiger charge is -2.34. The summed E-state index contributed by atoms with van der Waals surface area (Å²) in [5.41, 5.74) is 1.67. The third-order valence-corrected chi connectivity index (χ3v) is 5.04. The average molecular weight is 354 g/mol. The lowest BCUT2D eigenvalue weighted by atomic mass is 9.81. The first-order valence-corrected chi connectivity index (χ1v) is 8.99. The standard InChI is InChI=1S/C19H22N4O3/c24-17(22-19-20-15-7-3-4-8-16(15)21-19)13-5-1-2-6-14(13)18(25)23-9-11-26-12-10-23/h1-4,7-8,13-14H,5-6,9-12H2,(H2,20,21,22,24). The van der Waals surface area contributed by atoms with E-state index in [9.17, 15) is 9.59 Å². The van der Waals surface area contributed by atoms with Crippen LogP contribution in [0.25, 0.3) is 11.0 Å². The summed E-state index contributed by atoms with van der Waals surface area (Å²) in [6, 6.07) is 7.61. The van der Waals surface area contributed by atoms with Gasteiger partial charge in [-0.15, -0.1) is 0 Å². The Kier molecular flexibility index (Phi) is 4.71. The number of hydrogen-bond acceptors (Lipinski definition) is 4. The minimum absolute atomic E-state index is 0.0439. The minimum Gasteiger partial charge on any atom is -0.378 e. The molecule has 0 saturated carbocycles. The molecule has 0 bridgehead atoms. The van der Waals surface area contributed by atoms with Gasteiger partial charge < -0.3 is 14.6 Å². The van der Waals surface area contributed by atoms with Crippen LogP contribution in [0.4, 0.5) is 5.95 Å². The van der Waals surface area contributed by atoms with Crippen LogP contribution in [-0.2, 0) is 14.3 Å². The van der Waals surface area contributed by atoms with E-state index in [2.05, 4.69) is 15.3 Å². The van der Waals surface area contributed by atoms with E-state index < -0.39 is 0 Å². The molecule has 0 radical (unpaired) electrons. The van der Waals surface area contributed by atoms with E-state index in [0.717, 1.165) is 11.0 Å². The highest BCUT2D eigenvalue weighted by atomic mass is 16.5. The number of H-pyrrole nitrogens is 1. The van der Waals surface area contributed by atoms with Crippen molar-refractivity contribution in [3.8, 4) is 0 Å². The van der Waals surface area contributed by atoms with E-state index in [1.54, 1.807) is 0 Å². The van der Waals surface area contributed by atoms with Gasteiger partial charge in [-0.25, -0.2) is 4.98 Å². The van der Waals surface area contributed by atoms with Crippen LogP contribution in [0.3, 0.4) is 0 Å². The van der Waals surface area contributed by atoms with Gasteiger partial charge in [0, 0.05) is 13.1 Å². The number of ether oxygens (including phenoxy) is 1. The molecule has 1 aromatic carbocycles. The molecule has 7 nitrogen and oxygen atoms in total. The quantitative estimate of drug-likeness (QED) is 0.825. The zero-order chi connectivity index (χ0) is 17.9. The zero-order valence-electron chi connectivity index (χ0n) is 14.5. The number of rotatable bonds is 3. The van der Waals surface area contributed by atoms with E-state index in [0.29, 0.717) is 45.1 Å². The van der Waals surface area contributed by atoms with Gasteiger partial charge >= 0.3 is 0 Å². The van der Waals surface area contributed by atoms with Crippen LogP contribution >= 0.6 is 0 Å². The van der Waals surface area contributed by atoms with Gasteiger partial charge in [0.25, 0.3) is 0 Å². The van der Waals surface area contributed by atoms with Gasteiger partial charge in [0.1, 0.15) is 0 Å². The molecule has 7 heteroatoms. The molecule has 0 spiro atoms. The first kappa shape index (κ1) is 16.8. The third-order valence-electron chi connectivity index (χ3n) is 5.04. The SMILES string of the molecule is O=C(Nc1nc2ccccc2[nH]1)C1CC=CCC1C(=O)N1CCOCC1. The number of fused-ring (bicyclic) bond motifs is 1. The summed E-state index contributed by atoms with van der Waals surface area (Å²) in [5, 5.41) is 2.85. The van der Waals surface area contributed by atoms with Crippen molar-refractivity contribution in [1.29, 1.82) is 0 Å². The number of benzene rings is 1. The summed E-state index contributed by atoms with van der Waals surface area (Å²) in [6.07, 6.45) is 5.13. The molecular formula is C19H22N4O3.